The number of nitrogens with zero attached hydrogens (tertiary/aromatic N) is 3. The van der Waals surface area contributed by atoms with Crippen LogP contribution in [0.1, 0.15) is 64.8 Å². The Morgan fingerprint density at radius 2 is 1.13 bits per heavy atom. The Labute approximate surface area is 403 Å². The van der Waals surface area contributed by atoms with Crippen molar-refractivity contribution in [3.63, 3.8) is 0 Å². The third kappa shape index (κ3) is 3.88. The van der Waals surface area contributed by atoms with Crippen LogP contribution >= 0.6 is 0 Å². The Balaban J connectivity index is 1.07. The highest BCUT2D eigenvalue weighted by atomic mass is 15.3. The van der Waals surface area contributed by atoms with Crippen molar-refractivity contribution in [1.29, 1.82) is 0 Å². The van der Waals surface area contributed by atoms with Gasteiger partial charge in [-0.15, -0.1) is 0 Å². The summed E-state index contributed by atoms with van der Waals surface area (Å²) in [5.41, 5.74) is 30.4. The molecule has 4 heteroatoms. The Morgan fingerprint density at radius 1 is 0.522 bits per heavy atom. The summed E-state index contributed by atoms with van der Waals surface area (Å²) >= 11 is 0. The molecule has 8 aromatic rings. The highest BCUT2D eigenvalue weighted by Crippen LogP contribution is 2.73. The molecule has 69 heavy (non-hydrogen) atoms. The van der Waals surface area contributed by atoms with E-state index in [1.54, 1.807) is 0 Å². The first kappa shape index (κ1) is 37.2. The minimum atomic E-state index is -0.518. The van der Waals surface area contributed by atoms with Crippen LogP contribution in [0.25, 0.3) is 16.7 Å². The molecule has 5 heterocycles. The molecule has 324 valence electrons. The third-order valence-electron chi connectivity index (χ3n) is 18.5. The monoisotopic (exact) mass is 879 g/mol. The lowest BCUT2D eigenvalue weighted by atomic mass is 9.20. The van der Waals surface area contributed by atoms with Crippen molar-refractivity contribution in [1.82, 2.24) is 0 Å². The van der Waals surface area contributed by atoms with E-state index in [1.165, 1.54) is 129 Å². The molecule has 0 aromatic heterocycles. The van der Waals surface area contributed by atoms with E-state index in [9.17, 15) is 0 Å². The van der Waals surface area contributed by atoms with E-state index >= 15 is 0 Å². The molecule has 0 bridgehead atoms. The van der Waals surface area contributed by atoms with Crippen molar-refractivity contribution < 1.29 is 0 Å². The maximum absolute atomic E-state index is 2.84. The summed E-state index contributed by atoms with van der Waals surface area (Å²) in [6.07, 6.45) is 11.2. The molecule has 4 unspecified atom stereocenters. The Bertz CT molecular complexity index is 3830. The quantitative estimate of drug-likeness (QED) is 0.152. The van der Waals surface area contributed by atoms with Crippen LogP contribution < -0.4 is 25.6 Å². The van der Waals surface area contributed by atoms with Crippen molar-refractivity contribution >= 4 is 63.0 Å². The fraction of sp³-hybridized carbons (Fsp3) is 0.138. The largest absolute Gasteiger partial charge is 0.334 e. The maximum atomic E-state index is 2.84. The van der Waals surface area contributed by atoms with E-state index in [0.717, 1.165) is 6.42 Å². The van der Waals surface area contributed by atoms with Crippen molar-refractivity contribution in [2.45, 2.75) is 49.4 Å². The minimum absolute atomic E-state index is 0.00960. The molecular weight excluding hydrogens is 834 g/mol. The lowest BCUT2D eigenvalue weighted by Crippen LogP contribution is -2.73. The van der Waals surface area contributed by atoms with Gasteiger partial charge < -0.3 is 14.7 Å². The van der Waals surface area contributed by atoms with Gasteiger partial charge >= 0.3 is 0 Å². The lowest BCUT2D eigenvalue weighted by molar-refractivity contribution is 0.483. The fourth-order valence-electron chi connectivity index (χ4n) is 16.3. The van der Waals surface area contributed by atoms with Gasteiger partial charge in [-0.25, -0.2) is 0 Å². The predicted molar refractivity (Wildman–Crippen MR) is 284 cm³/mol. The zero-order valence-electron chi connectivity index (χ0n) is 38.8. The molecular formula is C65H46BN3. The molecule has 4 aliphatic carbocycles. The summed E-state index contributed by atoms with van der Waals surface area (Å²) in [4.78, 5) is 8.23. The predicted octanol–water partition coefficient (Wildman–Crippen LogP) is 14.0. The van der Waals surface area contributed by atoms with E-state index in [4.69, 9.17) is 0 Å². The van der Waals surface area contributed by atoms with Gasteiger partial charge in [-0.3, -0.25) is 0 Å². The summed E-state index contributed by atoms with van der Waals surface area (Å²) in [6.45, 7) is 7.49. The SMILES string of the molecule is Cc1cc2c3c(c1)N1c4ccccc4C4(C5=CC=C6N(c7ccccc7)c7ccc8c(c7B3C6(C)C51)N2c1ccccc1C81c2ccccc2-c2ccccc21)C1=C(c2ccccc24)C(C)CC=C1. The Morgan fingerprint density at radius 3 is 1.87 bits per heavy atom. The molecule has 0 fully saturated rings. The molecule has 5 aliphatic heterocycles. The van der Waals surface area contributed by atoms with E-state index in [2.05, 4.69) is 236 Å². The van der Waals surface area contributed by atoms with Gasteiger partial charge in [0.15, 0.2) is 0 Å². The molecule has 4 atom stereocenters. The van der Waals surface area contributed by atoms with Crippen LogP contribution in [0.3, 0.4) is 0 Å². The second kappa shape index (κ2) is 12.3. The Kier molecular flexibility index (Phi) is 6.60. The van der Waals surface area contributed by atoms with Gasteiger partial charge in [0.2, 0.25) is 6.71 Å². The number of benzene rings is 8. The molecule has 0 saturated heterocycles. The topological polar surface area (TPSA) is 9.72 Å². The third-order valence-corrected chi connectivity index (χ3v) is 18.5. The van der Waals surface area contributed by atoms with E-state index in [1.807, 2.05) is 0 Å². The highest BCUT2D eigenvalue weighted by molar-refractivity contribution is 6.94. The number of rotatable bonds is 1. The summed E-state index contributed by atoms with van der Waals surface area (Å²) < 4.78 is 0. The zero-order valence-corrected chi connectivity index (χ0v) is 38.8. The van der Waals surface area contributed by atoms with E-state index < -0.39 is 16.1 Å². The lowest BCUT2D eigenvalue weighted by Gasteiger charge is -2.66. The van der Waals surface area contributed by atoms with Crippen LogP contribution in [0.5, 0.6) is 0 Å². The highest BCUT2D eigenvalue weighted by Gasteiger charge is 2.70. The number of hydrogen-bond acceptors (Lipinski definition) is 3. The summed E-state index contributed by atoms with van der Waals surface area (Å²) in [5.74, 6) is 0.422. The molecule has 2 spiro atoms. The van der Waals surface area contributed by atoms with Gasteiger partial charge in [0.25, 0.3) is 0 Å². The number of anilines is 7. The first-order valence-corrected chi connectivity index (χ1v) is 25.1. The average Bonchev–Trinajstić information content (AvgIpc) is 3.85. The standard InChI is InChI=1S/C65H46BN3/c1-38-36-55-59-56(37-38)69-53-31-16-14-28-48(53)65(46-26-12-9-23-43(46)58-39(2)18-17-29-49(58)65)51-33-35-57-63(3,62(51)69)66(59)60-54(67(57)40-19-5-4-6-20-40)34-32-50-61(60)68(55)52-30-15-13-27-47(52)64(50)44-24-10-7-21-41(44)42-22-8-11-25-45(42)64/h4-17,19-37,39,62H,18H2,1-3H3. The maximum Gasteiger partial charge on any atom is 0.234 e. The fourth-order valence-corrected chi connectivity index (χ4v) is 16.3. The molecule has 0 N–H and O–H groups in total. The minimum Gasteiger partial charge on any atom is -0.334 e. The van der Waals surface area contributed by atoms with E-state index in [-0.39, 0.29) is 12.8 Å². The van der Waals surface area contributed by atoms with Gasteiger partial charge in [0, 0.05) is 45.1 Å². The number of aryl methyl sites for hydroxylation is 1. The summed E-state index contributed by atoms with van der Waals surface area (Å²) in [5, 5.41) is -0.427. The Hall–Kier alpha value is -7.82. The van der Waals surface area contributed by atoms with E-state index in [0.29, 0.717) is 5.92 Å². The normalized spacial score (nSPS) is 24.0. The van der Waals surface area contributed by atoms with Crippen LogP contribution in [0.4, 0.5) is 39.8 Å². The molecule has 17 rings (SSSR count). The van der Waals surface area contributed by atoms with Gasteiger partial charge in [0.05, 0.1) is 22.6 Å². The second-order valence-corrected chi connectivity index (χ2v) is 21.3. The van der Waals surface area contributed by atoms with Crippen molar-refractivity contribution in [2.24, 2.45) is 5.92 Å². The summed E-state index contributed by atoms with van der Waals surface area (Å²) in [7, 11) is 0. The van der Waals surface area contributed by atoms with Gasteiger partial charge in [-0.1, -0.05) is 166 Å². The number of allylic oxidation sites excluding steroid dienone is 6. The van der Waals surface area contributed by atoms with Crippen LogP contribution in [-0.4, -0.2) is 12.8 Å². The van der Waals surface area contributed by atoms with Gasteiger partial charge in [-0.2, -0.15) is 0 Å². The molecule has 0 amide bonds. The van der Waals surface area contributed by atoms with Gasteiger partial charge in [-0.05, 0) is 151 Å². The smallest absolute Gasteiger partial charge is 0.234 e. The second-order valence-electron chi connectivity index (χ2n) is 21.3. The molecule has 0 radical (unpaired) electrons. The van der Waals surface area contributed by atoms with Crippen LogP contribution in [0.2, 0.25) is 5.31 Å². The first-order chi connectivity index (χ1) is 34.0. The van der Waals surface area contributed by atoms with Crippen LogP contribution in [-0.2, 0) is 10.8 Å². The van der Waals surface area contributed by atoms with Crippen LogP contribution in [0.15, 0.2) is 217 Å². The van der Waals surface area contributed by atoms with Crippen molar-refractivity contribution in [3.05, 3.63) is 262 Å². The number of fused-ring (bicyclic) bond motifs is 19. The average molecular weight is 880 g/mol. The summed E-state index contributed by atoms with van der Waals surface area (Å²) in [6, 6.07) is 68.2. The molecule has 9 aliphatic rings. The number of hydrogen-bond donors (Lipinski definition) is 0. The molecule has 3 nitrogen and oxygen atoms in total. The van der Waals surface area contributed by atoms with Crippen molar-refractivity contribution in [3.8, 4) is 11.1 Å². The zero-order chi connectivity index (χ0) is 45.3. The molecule has 8 aromatic carbocycles. The van der Waals surface area contributed by atoms with Gasteiger partial charge in [0.1, 0.15) is 0 Å². The number of para-hydroxylation sites is 3. The first-order valence-electron chi connectivity index (χ1n) is 25.1. The van der Waals surface area contributed by atoms with Crippen LogP contribution in [0, 0.1) is 12.8 Å². The van der Waals surface area contributed by atoms with Crippen molar-refractivity contribution in [2.75, 3.05) is 14.7 Å². The molecule has 0 saturated carbocycles.